The minimum absolute atomic E-state index is 0. The number of aliphatic hydroxyl groups is 1. The fraction of sp³-hybridized carbons (Fsp3) is 0.750. The molecule has 9 heteroatoms. The number of carbonyl (C=O) groups is 1. The molecule has 216 valence electrons. The van der Waals surface area contributed by atoms with Gasteiger partial charge in [0, 0.05) is 44.9 Å². The first-order valence-corrected chi connectivity index (χ1v) is 13.4. The number of nitrogens with two attached hydrogens (primary N) is 1. The number of carbonyl (C=O) groups excluding carboxylic acids is 1. The van der Waals surface area contributed by atoms with Gasteiger partial charge in [-0.1, -0.05) is 32.4 Å². The maximum Gasteiger partial charge on any atom is 0.255 e. The molecule has 7 nitrogen and oxygen atoms in total. The number of benzene rings is 1. The van der Waals surface area contributed by atoms with Crippen molar-refractivity contribution in [3.8, 4) is 5.75 Å². The van der Waals surface area contributed by atoms with Gasteiger partial charge in [-0.3, -0.25) is 9.69 Å². The van der Waals surface area contributed by atoms with Gasteiger partial charge in [-0.05, 0) is 69.9 Å². The average molecular weight is 565 g/mol. The highest BCUT2D eigenvalue weighted by molar-refractivity contribution is 5.96. The minimum atomic E-state index is -0.581. The van der Waals surface area contributed by atoms with Crippen LogP contribution in [-0.2, 0) is 4.74 Å². The topological polar surface area (TPSA) is 97.0 Å². The maximum absolute atomic E-state index is 13.0. The van der Waals surface area contributed by atoms with Gasteiger partial charge in [0.05, 0.1) is 18.3 Å². The lowest BCUT2D eigenvalue weighted by Crippen LogP contribution is -2.52. The van der Waals surface area contributed by atoms with Crippen molar-refractivity contribution in [2.45, 2.75) is 90.4 Å². The molecule has 5 atom stereocenters. The smallest absolute Gasteiger partial charge is 0.255 e. The maximum atomic E-state index is 13.0. The monoisotopic (exact) mass is 563 g/mol. The van der Waals surface area contributed by atoms with Crippen LogP contribution in [0.2, 0.25) is 0 Å². The molecule has 0 aromatic heterocycles. The summed E-state index contributed by atoms with van der Waals surface area (Å²) < 4.78 is 10.9. The summed E-state index contributed by atoms with van der Waals surface area (Å²) in [4.78, 5) is 15.4. The van der Waals surface area contributed by atoms with E-state index in [9.17, 15) is 9.90 Å². The molecular formula is C28H51Cl2N3O4. The van der Waals surface area contributed by atoms with E-state index in [0.29, 0.717) is 62.0 Å². The molecule has 1 fully saturated rings. The molecule has 1 aliphatic rings. The zero-order valence-electron chi connectivity index (χ0n) is 23.4. The minimum Gasteiger partial charge on any atom is -0.493 e. The molecule has 3 unspecified atom stereocenters. The summed E-state index contributed by atoms with van der Waals surface area (Å²) in [6.07, 6.45) is 5.46. The number of hydrogen-bond acceptors (Lipinski definition) is 6. The van der Waals surface area contributed by atoms with Crippen molar-refractivity contribution in [2.75, 3.05) is 33.4 Å². The Bertz CT molecular complexity index is 746. The van der Waals surface area contributed by atoms with Crippen LogP contribution in [0.25, 0.3) is 0 Å². The van der Waals surface area contributed by atoms with Gasteiger partial charge in [0.25, 0.3) is 5.91 Å². The summed E-state index contributed by atoms with van der Waals surface area (Å²) in [5.41, 5.74) is 7.02. The van der Waals surface area contributed by atoms with E-state index >= 15 is 0 Å². The summed E-state index contributed by atoms with van der Waals surface area (Å²) in [7, 11) is 1.69. The number of nitrogens with one attached hydrogen (secondary N) is 1. The van der Waals surface area contributed by atoms with E-state index in [0.717, 1.165) is 12.8 Å². The van der Waals surface area contributed by atoms with Crippen molar-refractivity contribution in [3.05, 3.63) is 29.8 Å². The van der Waals surface area contributed by atoms with Crippen molar-refractivity contribution in [1.82, 2.24) is 10.2 Å². The Labute approximate surface area is 237 Å². The molecule has 4 N–H and O–H groups in total. The number of methoxy groups -OCH3 is 1. The number of ether oxygens (including phenoxy) is 2. The van der Waals surface area contributed by atoms with Gasteiger partial charge in [0.1, 0.15) is 5.75 Å². The number of halogens is 2. The molecule has 0 aliphatic carbocycles. The van der Waals surface area contributed by atoms with Gasteiger partial charge in [-0.25, -0.2) is 0 Å². The number of rotatable bonds is 15. The molecule has 1 heterocycles. The van der Waals surface area contributed by atoms with Crippen molar-refractivity contribution in [2.24, 2.45) is 17.6 Å². The zero-order valence-corrected chi connectivity index (χ0v) is 25.0. The Kier molecular flexibility index (Phi) is 18.5. The molecule has 0 saturated carbocycles. The third-order valence-corrected chi connectivity index (χ3v) is 7.44. The Morgan fingerprint density at radius 1 is 1.14 bits per heavy atom. The number of amides is 1. The Morgan fingerprint density at radius 2 is 1.76 bits per heavy atom. The van der Waals surface area contributed by atoms with E-state index in [1.54, 1.807) is 13.2 Å². The molecule has 1 amide bonds. The summed E-state index contributed by atoms with van der Waals surface area (Å²) in [5.74, 6) is 0.948. The Hall–Kier alpha value is -1.09. The van der Waals surface area contributed by atoms with E-state index in [1.807, 2.05) is 18.2 Å². The molecule has 0 spiro atoms. The molecule has 1 aromatic carbocycles. The number of unbranched alkanes of at least 4 members (excludes halogenated alkanes) is 1. The number of hydrogen-bond donors (Lipinski definition) is 3. The fourth-order valence-corrected chi connectivity index (χ4v) is 4.91. The molecule has 37 heavy (non-hydrogen) atoms. The first-order chi connectivity index (χ1) is 16.7. The van der Waals surface area contributed by atoms with E-state index in [1.165, 1.54) is 19.3 Å². The van der Waals surface area contributed by atoms with Crippen molar-refractivity contribution >= 4 is 30.7 Å². The summed E-state index contributed by atoms with van der Waals surface area (Å²) in [5, 5.41) is 14.0. The van der Waals surface area contributed by atoms with Crippen LogP contribution in [0.1, 0.15) is 76.6 Å². The fourth-order valence-electron chi connectivity index (χ4n) is 4.91. The number of para-hydroxylation sites is 1. The van der Waals surface area contributed by atoms with Crippen molar-refractivity contribution in [3.63, 3.8) is 0 Å². The van der Waals surface area contributed by atoms with E-state index in [-0.39, 0.29) is 42.7 Å². The standard InChI is InChI=1S/C28H49N3O4.2ClH/c1-20(2)23(17-25(29)26(32)19-31-21(3)11-10-12-22(31)4)18-30-28(33)24-13-6-7-14-27(24)35-16-9-8-15-34-5;;/h6-7,13-14,20-23,25-26,32H,8-12,15-19,29H2,1-5H3,(H,30,33);2*1H/t21-,22+,23?,25?,26?;;. The van der Waals surface area contributed by atoms with Crippen LogP contribution in [0.5, 0.6) is 5.75 Å². The first-order valence-electron chi connectivity index (χ1n) is 13.4. The van der Waals surface area contributed by atoms with Gasteiger partial charge >= 0.3 is 0 Å². The second-order valence-corrected chi connectivity index (χ2v) is 10.6. The number of nitrogens with zero attached hydrogens (tertiary/aromatic N) is 1. The van der Waals surface area contributed by atoms with Gasteiger partial charge in [0.2, 0.25) is 0 Å². The van der Waals surface area contributed by atoms with Crippen molar-refractivity contribution < 1.29 is 19.4 Å². The van der Waals surface area contributed by atoms with Crippen LogP contribution in [0.3, 0.4) is 0 Å². The quantitative estimate of drug-likeness (QED) is 0.268. The molecule has 0 radical (unpaired) electrons. The molecule has 1 saturated heterocycles. The van der Waals surface area contributed by atoms with Crippen LogP contribution in [-0.4, -0.2) is 73.6 Å². The highest BCUT2D eigenvalue weighted by Gasteiger charge is 2.30. The number of piperidine rings is 1. The highest BCUT2D eigenvalue weighted by atomic mass is 35.5. The number of β-amino-alcohol motifs (C(OH)–C–C–N with tert-alkyl or cyclic N) is 1. The van der Waals surface area contributed by atoms with Crippen LogP contribution in [0.15, 0.2) is 24.3 Å². The van der Waals surface area contributed by atoms with Gasteiger partial charge in [-0.15, -0.1) is 24.8 Å². The summed E-state index contributed by atoms with van der Waals surface area (Å²) >= 11 is 0. The van der Waals surface area contributed by atoms with Gasteiger partial charge < -0.3 is 25.6 Å². The third-order valence-electron chi connectivity index (χ3n) is 7.44. The Balaban J connectivity index is 0.00000648. The SMILES string of the molecule is COCCCCOc1ccccc1C(=O)NCC(CC(N)C(O)CN1[C@H](C)CCC[C@@H]1C)C(C)C.Cl.Cl. The van der Waals surface area contributed by atoms with E-state index in [2.05, 4.69) is 37.9 Å². The second kappa shape index (κ2) is 19.0. The van der Waals surface area contributed by atoms with E-state index in [4.69, 9.17) is 15.2 Å². The third kappa shape index (κ3) is 12.1. The molecule has 1 aliphatic heterocycles. The van der Waals surface area contributed by atoms with Gasteiger partial charge in [-0.2, -0.15) is 0 Å². The first kappa shape index (κ1) is 35.9. The van der Waals surface area contributed by atoms with Crippen LogP contribution in [0.4, 0.5) is 0 Å². The zero-order chi connectivity index (χ0) is 25.8. The van der Waals surface area contributed by atoms with Gasteiger partial charge in [0.15, 0.2) is 0 Å². The van der Waals surface area contributed by atoms with Crippen molar-refractivity contribution in [1.29, 1.82) is 0 Å². The predicted octanol–water partition coefficient (Wildman–Crippen LogP) is 4.68. The predicted molar refractivity (Wildman–Crippen MR) is 156 cm³/mol. The van der Waals surface area contributed by atoms with Crippen LogP contribution < -0.4 is 15.8 Å². The van der Waals surface area contributed by atoms with Crippen LogP contribution >= 0.6 is 24.8 Å². The normalized spacial score (nSPS) is 20.3. The molecule has 2 rings (SSSR count). The largest absolute Gasteiger partial charge is 0.493 e. The lowest BCUT2D eigenvalue weighted by atomic mass is 9.87. The lowest BCUT2D eigenvalue weighted by Gasteiger charge is -2.41. The summed E-state index contributed by atoms with van der Waals surface area (Å²) in [6.45, 7) is 11.1. The molecule has 1 aromatic rings. The van der Waals surface area contributed by atoms with E-state index < -0.39 is 6.10 Å². The lowest BCUT2D eigenvalue weighted by molar-refractivity contribution is 0.0261. The highest BCUT2D eigenvalue weighted by Crippen LogP contribution is 2.24. The molecular weight excluding hydrogens is 513 g/mol. The summed E-state index contributed by atoms with van der Waals surface area (Å²) in [6, 6.07) is 7.97. The molecule has 0 bridgehead atoms. The number of aliphatic hydroxyl groups excluding tert-OH is 1. The van der Waals surface area contributed by atoms with Crippen LogP contribution in [0, 0.1) is 11.8 Å². The Morgan fingerprint density at radius 3 is 2.38 bits per heavy atom. The average Bonchev–Trinajstić information content (AvgIpc) is 2.83. The number of likely N-dealkylation sites (tertiary alicyclic amines) is 1. The second-order valence-electron chi connectivity index (χ2n) is 10.6.